The number of benzene rings is 4. The van der Waals surface area contributed by atoms with Crippen molar-refractivity contribution in [3.8, 4) is 17.2 Å². The molecular formula is C80H104N9O19+. The predicted molar refractivity (Wildman–Crippen MR) is 406 cm³/mol. The van der Waals surface area contributed by atoms with Gasteiger partial charge in [-0.3, -0.25) is 48.1 Å². The molecule has 9 N–H and O–H groups in total. The third-order valence-corrected chi connectivity index (χ3v) is 21.3. The number of imide groups is 1. The Bertz CT molecular complexity index is 4440. The first-order valence-corrected chi connectivity index (χ1v) is 37.0. The maximum absolute atomic E-state index is 15.4. The number of piperidine rings is 1. The predicted octanol–water partition coefficient (Wildman–Crippen LogP) is 8.84. The smallest absolute Gasteiger partial charge is 0.312 e. The number of hydrogen-bond acceptors (Lipinski definition) is 21. The van der Waals surface area contributed by atoms with Crippen molar-refractivity contribution in [3.63, 3.8) is 0 Å². The molecule has 5 aromatic rings. The summed E-state index contributed by atoms with van der Waals surface area (Å²) < 4.78 is 38.9. The van der Waals surface area contributed by atoms with Gasteiger partial charge in [-0.05, 0) is 69.2 Å². The zero-order valence-electron chi connectivity index (χ0n) is 64.1. The van der Waals surface area contributed by atoms with Crippen molar-refractivity contribution >= 4 is 103 Å². The minimum absolute atomic E-state index is 0.0893. The number of unbranched alkanes of at least 4 members (excludes halogenated alkanes) is 2. The van der Waals surface area contributed by atoms with E-state index in [1.54, 1.807) is 84.0 Å². The number of nitrogens with one attached hydrogen (secondary N) is 4. The van der Waals surface area contributed by atoms with E-state index in [0.29, 0.717) is 61.8 Å². The van der Waals surface area contributed by atoms with Crippen LogP contribution in [0, 0.1) is 42.4 Å². The molecule has 0 radical (unpaired) electrons. The molecule has 0 aliphatic carbocycles. The number of amides is 7. The minimum atomic E-state index is -2.19. The molecule has 5 heterocycles. The minimum Gasteiger partial charge on any atom is -0.505 e. The van der Waals surface area contributed by atoms with E-state index in [1.807, 2.05) is 6.07 Å². The molecule has 0 saturated carbocycles. The average Bonchev–Trinajstić information content (AvgIpc) is 1.40. The topological polar surface area (TPSA) is 384 Å². The number of methoxy groups -OCH3 is 1. The number of phenols is 1. The van der Waals surface area contributed by atoms with Crippen molar-refractivity contribution in [2.24, 2.45) is 41.2 Å². The first kappa shape index (κ1) is 82.0. The molecule has 28 nitrogen and oxygen atoms in total. The van der Waals surface area contributed by atoms with Crippen LogP contribution in [-0.2, 0) is 54.4 Å². The molecule has 28 heteroatoms. The fourth-order valence-electron chi connectivity index (χ4n) is 14.7. The number of esters is 1. The van der Waals surface area contributed by atoms with E-state index in [9.17, 15) is 53.7 Å². The lowest BCUT2D eigenvalue weighted by molar-refractivity contribution is -0.896. The van der Waals surface area contributed by atoms with Gasteiger partial charge in [-0.2, -0.15) is 0 Å². The highest BCUT2D eigenvalue weighted by atomic mass is 16.7. The summed E-state index contributed by atoms with van der Waals surface area (Å²) in [5, 5.41) is 46.7. The van der Waals surface area contributed by atoms with Crippen molar-refractivity contribution in [2.45, 2.75) is 176 Å². The van der Waals surface area contributed by atoms with E-state index >= 15 is 9.59 Å². The van der Waals surface area contributed by atoms with Crippen LogP contribution in [0.4, 0.5) is 21.9 Å². The normalized spacial score (nSPS) is 24.1. The summed E-state index contributed by atoms with van der Waals surface area (Å²) in [4.78, 5) is 143. The lowest BCUT2D eigenvalue weighted by Gasteiger charge is -2.41. The van der Waals surface area contributed by atoms with Gasteiger partial charge >= 0.3 is 17.8 Å². The maximum atomic E-state index is 15.4. The number of allylic oxidation sites excluding steroid dienone is 2. The molecule has 1 saturated heterocycles. The lowest BCUT2D eigenvalue weighted by Crippen LogP contribution is -2.51. The van der Waals surface area contributed by atoms with Crippen LogP contribution < -0.4 is 46.8 Å². The molecule has 11 atom stereocenters. The number of fused-ring (bicyclic) bond motifs is 2. The summed E-state index contributed by atoms with van der Waals surface area (Å²) in [5.74, 6) is -11.1. The molecule has 7 amide bonds. The number of rotatable bonds is 24. The second-order valence-corrected chi connectivity index (χ2v) is 30.4. The van der Waals surface area contributed by atoms with E-state index in [-0.39, 0.29) is 130 Å². The second-order valence-electron chi connectivity index (χ2n) is 30.4. The number of nitrogens with two attached hydrogens (primary N) is 1. The van der Waals surface area contributed by atoms with Crippen molar-refractivity contribution in [2.75, 3.05) is 70.0 Å². The Morgan fingerprint density at radius 1 is 0.870 bits per heavy atom. The first-order valence-electron chi connectivity index (χ1n) is 37.0. The fraction of sp³-hybridized carbons (Fsp3) is 0.512. The molecular weight excluding hydrogens is 1390 g/mol. The van der Waals surface area contributed by atoms with Crippen molar-refractivity contribution in [1.29, 1.82) is 0 Å². The van der Waals surface area contributed by atoms with Crippen LogP contribution in [0.2, 0.25) is 0 Å². The van der Waals surface area contributed by atoms with Gasteiger partial charge in [-0.25, -0.2) is 9.78 Å². The summed E-state index contributed by atoms with van der Waals surface area (Å²) >= 11 is 0. The summed E-state index contributed by atoms with van der Waals surface area (Å²) in [5.41, 5.74) is 5.53. The van der Waals surface area contributed by atoms with Crippen LogP contribution in [0.15, 0.2) is 93.9 Å². The molecule has 9 rings (SSSR count). The number of carbonyl (C=O) groups excluding carboxylic acids is 9. The molecule has 1 fully saturated rings. The van der Waals surface area contributed by atoms with E-state index in [2.05, 4.69) is 47.3 Å². The summed E-state index contributed by atoms with van der Waals surface area (Å²) in [6.45, 7) is 17.5. The number of aromatic nitrogens is 1. The quantitative estimate of drug-likeness (QED) is 0.00543. The third kappa shape index (κ3) is 18.7. The van der Waals surface area contributed by atoms with Crippen LogP contribution in [0.1, 0.15) is 142 Å². The summed E-state index contributed by atoms with van der Waals surface area (Å²) in [6, 6.07) is 9.06. The molecule has 4 aromatic carbocycles. The molecule has 1 aromatic heterocycles. The zero-order valence-corrected chi connectivity index (χ0v) is 64.1. The number of Topliss-reactive ketones (excluding diaryl/α,β-unsaturated/α-hetero) is 2. The van der Waals surface area contributed by atoms with Gasteiger partial charge in [0.1, 0.15) is 35.2 Å². The highest BCUT2D eigenvalue weighted by Gasteiger charge is 2.50. The fourth-order valence-corrected chi connectivity index (χ4v) is 14.7. The van der Waals surface area contributed by atoms with Crippen LogP contribution in [0.25, 0.3) is 33.0 Å². The zero-order chi connectivity index (χ0) is 79.0. The van der Waals surface area contributed by atoms with Gasteiger partial charge in [-0.15, -0.1) is 0 Å². The standard InChI is InChI=1S/C80H103N9O19/c1-42(2)65(84-59(92)23-16-15-17-34-88-60(93)28-29-61(88)94)55(91)38-51(22-19-33-82-79(81)102)78(101)83-52-26-24-50(25-27-52)41-104-57-39-53(87-35-30-54(31-36-87)89(11,12)13)40-58-66(57)85-67-62-63-71(97)48(8)74-64(62)76(99)80(10,108-74)105-37-32-56(103-14)45(5)73(106-49(9)90)47(7)70(96)46(6)69(95)43(3)20-18-21-44(4)77(100)86-68(72(63)98)75(67)107-58/h18,20-21,24-29,32,37,39-40,42-43,45-47,51,54,56,65,69-70,73,95-96H,15-17,19,22-23,30-31,33-36,38,41H2,1-14H3,(H6-,81,82,83,84,85,86,92,97,98,99,100,101,102)/p+1/b20-18+,37-32+,44-21-/t43-,45+,46+,47+,51+,56-,65-,69-,70+,73+,80-/m0/s1. The van der Waals surface area contributed by atoms with Gasteiger partial charge in [-0.1, -0.05) is 78.3 Å². The number of ketones is 2. The Kier molecular flexibility index (Phi) is 26.5. The number of aliphatic hydroxyl groups excluding tert-OH is 2. The van der Waals surface area contributed by atoms with Crippen LogP contribution in [0.5, 0.6) is 17.2 Å². The SMILES string of the molecule is CO[C@H]1/C=C/O[C@@]2(C)Oc3c(C)c(=O)c4c(O)c(c5oc6cc(N7CCC([N+](C)(C)C)CC7)cc(OCc7ccc(NC(=O)[C@H](CCCNC(N)=O)CC(=O)[C@@H](NC(=O)CCCCCN8C(=O)C=CC8=O)C(C)C)cc7)c6nc5c4c3C2=O)NC(=O)/C(C)=C\C=C\[C@H](C)[C@H](O)[C@@H](C)[C@@H](O)[C@@H](C)[C@H](OC(C)=O)[C@@H]1C. The van der Waals surface area contributed by atoms with Crippen LogP contribution >= 0.6 is 0 Å². The third-order valence-electron chi connectivity index (χ3n) is 21.3. The van der Waals surface area contributed by atoms with Crippen LogP contribution in [0.3, 0.4) is 0 Å². The van der Waals surface area contributed by atoms with Gasteiger partial charge in [0.05, 0.1) is 68.8 Å². The van der Waals surface area contributed by atoms with Crippen molar-refractivity contribution in [3.05, 3.63) is 112 Å². The highest BCUT2D eigenvalue weighted by molar-refractivity contribution is 6.26. The number of primary amides is 1. The number of carbonyl (C=O) groups is 9. The van der Waals surface area contributed by atoms with Gasteiger partial charge in [0.25, 0.3) is 23.5 Å². The number of ether oxygens (including phenoxy) is 5. The molecule has 0 unspecified atom stereocenters. The van der Waals surface area contributed by atoms with E-state index in [0.717, 1.165) is 22.2 Å². The van der Waals surface area contributed by atoms with Gasteiger partial charge < -0.3 is 79.8 Å². The highest BCUT2D eigenvalue weighted by Crippen LogP contribution is 2.50. The number of urea groups is 1. The maximum Gasteiger partial charge on any atom is 0.312 e. The molecule has 4 aliphatic heterocycles. The van der Waals surface area contributed by atoms with Gasteiger partial charge in [0.2, 0.25) is 11.8 Å². The Hall–Kier alpha value is -10.0. The number of anilines is 3. The van der Waals surface area contributed by atoms with Gasteiger partial charge in [0, 0.05) is 155 Å². The van der Waals surface area contributed by atoms with Gasteiger partial charge in [0.15, 0.2) is 33.9 Å². The number of hydrogen-bond donors (Lipinski definition) is 8. The second kappa shape index (κ2) is 34.9. The molecule has 582 valence electrons. The van der Waals surface area contributed by atoms with E-state index in [4.69, 9.17) is 38.8 Å². The van der Waals surface area contributed by atoms with E-state index < -0.39 is 112 Å². The van der Waals surface area contributed by atoms with Crippen molar-refractivity contribution < 1.29 is 91.1 Å². The Balaban J connectivity index is 1.07. The molecule has 108 heavy (non-hydrogen) atoms. The number of aliphatic hydroxyl groups is 2. The van der Waals surface area contributed by atoms with E-state index in [1.165, 1.54) is 65.4 Å². The first-order chi connectivity index (χ1) is 51.0. The monoisotopic (exact) mass is 1490 g/mol. The Morgan fingerprint density at radius 3 is 2.19 bits per heavy atom. The largest absolute Gasteiger partial charge is 0.505 e. The number of phenolic OH excluding ortho intramolecular Hbond substituents is 1. The van der Waals surface area contributed by atoms with Crippen molar-refractivity contribution in [1.82, 2.24) is 20.5 Å². The average molecular weight is 1500 g/mol. The van der Waals surface area contributed by atoms with Crippen LogP contribution in [-0.4, -0.2) is 180 Å². The number of aromatic hydroxyl groups is 1. The molecule has 4 bridgehead atoms. The molecule has 0 spiro atoms. The summed E-state index contributed by atoms with van der Waals surface area (Å²) in [7, 11) is 7.90. The number of quaternary nitrogens is 1. The molecule has 4 aliphatic rings. The number of nitrogens with zero attached hydrogens (tertiary/aromatic N) is 4. The Labute approximate surface area is 628 Å². The Morgan fingerprint density at radius 2 is 1.56 bits per heavy atom. The lowest BCUT2D eigenvalue weighted by atomic mass is 9.78. The summed E-state index contributed by atoms with van der Waals surface area (Å²) in [6.07, 6.45) is 9.14.